The van der Waals surface area contributed by atoms with Gasteiger partial charge in [-0.05, 0) is 27.7 Å². The first-order chi connectivity index (χ1) is 8.63. The van der Waals surface area contributed by atoms with E-state index in [-0.39, 0.29) is 19.7 Å². The van der Waals surface area contributed by atoms with Crippen LogP contribution >= 0.6 is 0 Å². The van der Waals surface area contributed by atoms with Gasteiger partial charge in [0, 0.05) is 13.0 Å². The summed E-state index contributed by atoms with van der Waals surface area (Å²) in [5, 5.41) is 19.4. The molecule has 0 aromatic heterocycles. The molecule has 1 aliphatic heterocycles. The van der Waals surface area contributed by atoms with Gasteiger partial charge in [0.1, 0.15) is 5.60 Å². The minimum atomic E-state index is -1.02. The Kier molecular flexibility index (Phi) is 5.18. The van der Waals surface area contributed by atoms with Crippen molar-refractivity contribution in [1.82, 2.24) is 4.90 Å². The normalized spacial score (nSPS) is 29.6. The highest BCUT2D eigenvalue weighted by atomic mass is 16.6. The summed E-state index contributed by atoms with van der Waals surface area (Å²) >= 11 is 0. The molecule has 6 nitrogen and oxygen atoms in total. The number of ether oxygens (including phenoxy) is 2. The molecule has 112 valence electrons. The van der Waals surface area contributed by atoms with Crippen LogP contribution in [0.5, 0.6) is 0 Å². The Bertz CT molecular complexity index is 311. The van der Waals surface area contributed by atoms with E-state index >= 15 is 0 Å². The number of amides is 1. The van der Waals surface area contributed by atoms with E-state index in [9.17, 15) is 15.0 Å². The predicted molar refractivity (Wildman–Crippen MR) is 69.9 cm³/mol. The van der Waals surface area contributed by atoms with E-state index in [2.05, 4.69) is 0 Å². The van der Waals surface area contributed by atoms with E-state index in [0.29, 0.717) is 13.0 Å². The van der Waals surface area contributed by atoms with E-state index < -0.39 is 23.4 Å². The summed E-state index contributed by atoms with van der Waals surface area (Å²) in [5.74, 6) is 0. The molecular weight excluding hydrogens is 250 g/mol. The first-order valence-electron chi connectivity index (χ1n) is 6.56. The van der Waals surface area contributed by atoms with E-state index in [1.165, 1.54) is 4.90 Å². The van der Waals surface area contributed by atoms with Crippen molar-refractivity contribution in [2.24, 2.45) is 0 Å². The summed E-state index contributed by atoms with van der Waals surface area (Å²) in [7, 11) is 0. The van der Waals surface area contributed by atoms with E-state index in [1.807, 2.05) is 0 Å². The molecule has 0 saturated carbocycles. The molecule has 19 heavy (non-hydrogen) atoms. The lowest BCUT2D eigenvalue weighted by atomic mass is 10.0. The number of carbonyl (C=O) groups is 1. The average Bonchev–Trinajstić information content (AvgIpc) is 2.20. The molecule has 1 aliphatic rings. The standard InChI is InChI=1S/C13H25NO5/c1-12(2,3)19-11(16)14-7-10(8-15)18-6-5-13(4,17)9-14/h10,15,17H,5-9H2,1-4H3/t10-,13?/m0/s1. The van der Waals surface area contributed by atoms with Crippen molar-refractivity contribution in [3.8, 4) is 0 Å². The Morgan fingerprint density at radius 1 is 1.53 bits per heavy atom. The van der Waals surface area contributed by atoms with Gasteiger partial charge >= 0.3 is 6.09 Å². The fourth-order valence-electron chi connectivity index (χ4n) is 1.87. The molecule has 0 aromatic carbocycles. The van der Waals surface area contributed by atoms with Gasteiger partial charge in [-0.1, -0.05) is 0 Å². The molecule has 1 heterocycles. The number of β-amino-alcohol motifs (C(OH)–C–C–N with tert-alkyl or cyclic N) is 1. The van der Waals surface area contributed by atoms with Crippen LogP contribution in [0.15, 0.2) is 0 Å². The van der Waals surface area contributed by atoms with Crippen LogP contribution in [0, 0.1) is 0 Å². The molecule has 1 fully saturated rings. The second-order valence-corrected chi connectivity index (χ2v) is 6.28. The molecule has 1 saturated heterocycles. The highest BCUT2D eigenvalue weighted by molar-refractivity contribution is 5.68. The Morgan fingerprint density at radius 3 is 2.68 bits per heavy atom. The lowest BCUT2D eigenvalue weighted by Crippen LogP contribution is -2.51. The van der Waals surface area contributed by atoms with Crippen LogP contribution in [0.1, 0.15) is 34.1 Å². The fourth-order valence-corrected chi connectivity index (χ4v) is 1.87. The number of hydrogen-bond donors (Lipinski definition) is 2. The quantitative estimate of drug-likeness (QED) is 0.738. The zero-order valence-electron chi connectivity index (χ0n) is 12.2. The number of rotatable bonds is 1. The Morgan fingerprint density at radius 2 is 2.16 bits per heavy atom. The van der Waals surface area contributed by atoms with Crippen molar-refractivity contribution >= 4 is 6.09 Å². The highest BCUT2D eigenvalue weighted by Gasteiger charge is 2.33. The van der Waals surface area contributed by atoms with Crippen molar-refractivity contribution in [3.63, 3.8) is 0 Å². The second kappa shape index (κ2) is 6.07. The van der Waals surface area contributed by atoms with Gasteiger partial charge in [-0.2, -0.15) is 0 Å². The largest absolute Gasteiger partial charge is 0.444 e. The molecule has 1 rings (SSSR count). The summed E-state index contributed by atoms with van der Waals surface area (Å²) in [6, 6.07) is 0. The maximum absolute atomic E-state index is 12.1. The minimum Gasteiger partial charge on any atom is -0.444 e. The molecule has 0 aromatic rings. The summed E-state index contributed by atoms with van der Waals surface area (Å²) in [6.07, 6.45) is -0.539. The number of nitrogens with zero attached hydrogens (tertiary/aromatic N) is 1. The average molecular weight is 275 g/mol. The van der Waals surface area contributed by atoms with Crippen LogP contribution in [0.3, 0.4) is 0 Å². The molecule has 0 radical (unpaired) electrons. The van der Waals surface area contributed by atoms with Gasteiger partial charge in [0.05, 0.1) is 31.4 Å². The first kappa shape index (κ1) is 16.2. The van der Waals surface area contributed by atoms with E-state index in [1.54, 1.807) is 27.7 Å². The number of hydrogen-bond acceptors (Lipinski definition) is 5. The Balaban J connectivity index is 2.76. The first-order valence-corrected chi connectivity index (χ1v) is 6.56. The van der Waals surface area contributed by atoms with Crippen LogP contribution in [0.25, 0.3) is 0 Å². The van der Waals surface area contributed by atoms with Gasteiger partial charge in [-0.25, -0.2) is 4.79 Å². The predicted octanol–water partition coefficient (Wildman–Crippen LogP) is 0.756. The molecular formula is C13H25NO5. The third kappa shape index (κ3) is 5.76. The number of carbonyl (C=O) groups excluding carboxylic acids is 1. The van der Waals surface area contributed by atoms with Gasteiger partial charge in [0.25, 0.3) is 0 Å². The SMILES string of the molecule is CC1(O)CCO[C@H](CO)CN(C(=O)OC(C)(C)C)C1. The van der Waals surface area contributed by atoms with Crippen LogP contribution in [0.2, 0.25) is 0 Å². The third-order valence-electron chi connectivity index (χ3n) is 2.81. The summed E-state index contributed by atoms with van der Waals surface area (Å²) < 4.78 is 10.7. The van der Waals surface area contributed by atoms with Crippen molar-refractivity contribution in [1.29, 1.82) is 0 Å². The number of aliphatic hydroxyl groups is 2. The molecule has 1 amide bonds. The van der Waals surface area contributed by atoms with Crippen molar-refractivity contribution < 1.29 is 24.5 Å². The summed E-state index contributed by atoms with van der Waals surface area (Å²) in [6.45, 7) is 7.59. The molecule has 1 unspecified atom stereocenters. The lowest BCUT2D eigenvalue weighted by Gasteiger charge is -2.37. The topological polar surface area (TPSA) is 79.2 Å². The molecule has 0 bridgehead atoms. The molecule has 0 aliphatic carbocycles. The third-order valence-corrected chi connectivity index (χ3v) is 2.81. The minimum absolute atomic E-state index is 0.165. The summed E-state index contributed by atoms with van der Waals surface area (Å²) in [5.41, 5.74) is -1.61. The van der Waals surface area contributed by atoms with Gasteiger partial charge < -0.3 is 24.6 Å². The molecule has 0 spiro atoms. The molecule has 2 N–H and O–H groups in total. The zero-order valence-corrected chi connectivity index (χ0v) is 12.2. The van der Waals surface area contributed by atoms with Gasteiger partial charge in [-0.3, -0.25) is 0 Å². The molecule has 6 heteroatoms. The zero-order chi connectivity index (χ0) is 14.7. The van der Waals surface area contributed by atoms with Gasteiger partial charge in [0.2, 0.25) is 0 Å². The maximum atomic E-state index is 12.1. The van der Waals surface area contributed by atoms with Crippen molar-refractivity contribution in [3.05, 3.63) is 0 Å². The van der Waals surface area contributed by atoms with Crippen molar-refractivity contribution in [2.45, 2.75) is 51.4 Å². The van der Waals surface area contributed by atoms with Crippen LogP contribution in [-0.4, -0.2) is 64.8 Å². The Labute approximate surface area is 114 Å². The van der Waals surface area contributed by atoms with E-state index in [4.69, 9.17) is 9.47 Å². The van der Waals surface area contributed by atoms with Crippen LogP contribution in [-0.2, 0) is 9.47 Å². The highest BCUT2D eigenvalue weighted by Crippen LogP contribution is 2.19. The van der Waals surface area contributed by atoms with Crippen molar-refractivity contribution in [2.75, 3.05) is 26.3 Å². The monoisotopic (exact) mass is 275 g/mol. The smallest absolute Gasteiger partial charge is 0.410 e. The summed E-state index contributed by atoms with van der Waals surface area (Å²) in [4.78, 5) is 13.5. The maximum Gasteiger partial charge on any atom is 0.410 e. The second-order valence-electron chi connectivity index (χ2n) is 6.28. The molecule has 2 atom stereocenters. The van der Waals surface area contributed by atoms with E-state index in [0.717, 1.165) is 0 Å². The lowest BCUT2D eigenvalue weighted by molar-refractivity contribution is -0.0823. The Hall–Kier alpha value is -0.850. The number of aliphatic hydroxyl groups excluding tert-OH is 1. The van der Waals surface area contributed by atoms with Gasteiger partial charge in [0.15, 0.2) is 0 Å². The van der Waals surface area contributed by atoms with Crippen LogP contribution in [0.4, 0.5) is 4.79 Å². The van der Waals surface area contributed by atoms with Gasteiger partial charge in [-0.15, -0.1) is 0 Å². The fraction of sp³-hybridized carbons (Fsp3) is 0.923. The van der Waals surface area contributed by atoms with Crippen LogP contribution < -0.4 is 0 Å².